The molecule has 2 nitrogen and oxygen atoms in total. The van der Waals surface area contributed by atoms with Crippen LogP contribution in [0.3, 0.4) is 0 Å². The van der Waals surface area contributed by atoms with E-state index in [1.807, 2.05) is 0 Å². The number of rotatable bonds is 2. The first-order chi connectivity index (χ1) is 6.59. The van der Waals surface area contributed by atoms with E-state index in [-0.39, 0.29) is 5.78 Å². The molecule has 14 heavy (non-hydrogen) atoms. The molecule has 0 atom stereocenters. The summed E-state index contributed by atoms with van der Waals surface area (Å²) in [5, 5.41) is 0. The van der Waals surface area contributed by atoms with Gasteiger partial charge in [-0.15, -0.1) is 0 Å². The van der Waals surface area contributed by atoms with Crippen molar-refractivity contribution in [3.05, 3.63) is 0 Å². The SMILES string of the molecule is CC(=O)CSC(=S)N1CCC(C)CC1. The van der Waals surface area contributed by atoms with Gasteiger partial charge in [-0.2, -0.15) is 0 Å². The van der Waals surface area contributed by atoms with E-state index in [0.717, 1.165) is 23.3 Å². The van der Waals surface area contributed by atoms with Crippen molar-refractivity contribution in [2.24, 2.45) is 5.92 Å². The Labute approximate surface area is 95.4 Å². The van der Waals surface area contributed by atoms with Crippen LogP contribution in [0, 0.1) is 5.92 Å². The lowest BCUT2D eigenvalue weighted by Gasteiger charge is -2.31. The second-order valence-electron chi connectivity index (χ2n) is 3.93. The lowest BCUT2D eigenvalue weighted by Crippen LogP contribution is -2.35. The molecule has 4 heteroatoms. The summed E-state index contributed by atoms with van der Waals surface area (Å²) in [6.07, 6.45) is 2.45. The molecule has 0 aliphatic carbocycles. The van der Waals surface area contributed by atoms with Gasteiger partial charge in [0.05, 0.1) is 5.75 Å². The van der Waals surface area contributed by atoms with Crippen molar-refractivity contribution >= 4 is 34.1 Å². The highest BCUT2D eigenvalue weighted by Gasteiger charge is 2.18. The fourth-order valence-electron chi connectivity index (χ4n) is 1.45. The molecule has 1 aliphatic heterocycles. The third-order valence-corrected chi connectivity index (χ3v) is 4.11. The molecule has 0 radical (unpaired) electrons. The zero-order valence-corrected chi connectivity index (χ0v) is 10.4. The monoisotopic (exact) mass is 231 g/mol. The maximum Gasteiger partial charge on any atom is 0.140 e. The van der Waals surface area contributed by atoms with Crippen LogP contribution in [0.15, 0.2) is 0 Å². The summed E-state index contributed by atoms with van der Waals surface area (Å²) in [6, 6.07) is 0. The normalized spacial score (nSPS) is 18.3. The first-order valence-corrected chi connectivity index (χ1v) is 6.40. The zero-order chi connectivity index (χ0) is 10.6. The molecule has 0 unspecified atom stereocenters. The van der Waals surface area contributed by atoms with Crippen molar-refractivity contribution < 1.29 is 4.79 Å². The van der Waals surface area contributed by atoms with E-state index in [4.69, 9.17) is 12.2 Å². The molecule has 0 N–H and O–H groups in total. The van der Waals surface area contributed by atoms with Gasteiger partial charge in [-0.25, -0.2) is 0 Å². The first kappa shape index (κ1) is 12.0. The largest absolute Gasteiger partial charge is 0.357 e. The lowest BCUT2D eigenvalue weighted by atomic mass is 10.00. The second kappa shape index (κ2) is 5.71. The number of carbonyl (C=O) groups is 1. The summed E-state index contributed by atoms with van der Waals surface area (Å²) in [4.78, 5) is 13.0. The number of Topliss-reactive ketones (excluding diaryl/α,β-unsaturated/α-hetero) is 1. The van der Waals surface area contributed by atoms with Gasteiger partial charge in [-0.1, -0.05) is 30.9 Å². The fraction of sp³-hybridized carbons (Fsp3) is 0.800. The van der Waals surface area contributed by atoms with Gasteiger partial charge in [0.25, 0.3) is 0 Å². The summed E-state index contributed by atoms with van der Waals surface area (Å²) in [5.74, 6) is 1.54. The predicted octanol–water partition coefficient (Wildman–Crippen LogP) is 2.33. The summed E-state index contributed by atoms with van der Waals surface area (Å²) >= 11 is 6.77. The minimum absolute atomic E-state index is 0.197. The Morgan fingerprint density at radius 2 is 2.07 bits per heavy atom. The Morgan fingerprint density at radius 3 is 2.57 bits per heavy atom. The highest BCUT2D eigenvalue weighted by molar-refractivity contribution is 8.23. The van der Waals surface area contributed by atoms with Gasteiger partial charge in [0, 0.05) is 13.1 Å². The molecule has 0 aromatic rings. The summed E-state index contributed by atoms with van der Waals surface area (Å²) in [6.45, 7) is 6.01. The summed E-state index contributed by atoms with van der Waals surface area (Å²) in [5.41, 5.74) is 0. The van der Waals surface area contributed by atoms with Crippen LogP contribution >= 0.6 is 24.0 Å². The minimum Gasteiger partial charge on any atom is -0.357 e. The van der Waals surface area contributed by atoms with Crippen LogP contribution < -0.4 is 0 Å². The van der Waals surface area contributed by atoms with Crippen molar-refractivity contribution in [3.8, 4) is 0 Å². The Hall–Kier alpha value is -0.0900. The quantitative estimate of drug-likeness (QED) is 0.679. The molecule has 1 saturated heterocycles. The van der Waals surface area contributed by atoms with Crippen LogP contribution in [-0.2, 0) is 4.79 Å². The number of piperidine rings is 1. The van der Waals surface area contributed by atoms with Crippen LogP contribution in [0.2, 0.25) is 0 Å². The molecule has 80 valence electrons. The third-order valence-electron chi connectivity index (χ3n) is 2.44. The number of thioether (sulfide) groups is 1. The Morgan fingerprint density at radius 1 is 1.50 bits per heavy atom. The molecule has 0 amide bonds. The standard InChI is InChI=1S/C10H17NOS2/c1-8-3-5-11(6-4-8)10(13)14-7-9(2)12/h8H,3-7H2,1-2H3. The maximum atomic E-state index is 10.8. The summed E-state index contributed by atoms with van der Waals surface area (Å²) < 4.78 is 0.895. The second-order valence-corrected chi connectivity index (χ2v) is 5.54. The van der Waals surface area contributed by atoms with Crippen molar-refractivity contribution in [3.63, 3.8) is 0 Å². The van der Waals surface area contributed by atoms with Crippen LogP contribution in [-0.4, -0.2) is 33.8 Å². The van der Waals surface area contributed by atoms with Gasteiger partial charge in [-0.3, -0.25) is 4.79 Å². The predicted molar refractivity (Wildman–Crippen MR) is 65.7 cm³/mol. The highest BCUT2D eigenvalue weighted by atomic mass is 32.2. The van der Waals surface area contributed by atoms with E-state index in [9.17, 15) is 4.79 Å². The molecular formula is C10H17NOS2. The summed E-state index contributed by atoms with van der Waals surface area (Å²) in [7, 11) is 0. The number of ketones is 1. The topological polar surface area (TPSA) is 20.3 Å². The number of thiocarbonyl (C=S) groups is 1. The average molecular weight is 231 g/mol. The number of nitrogens with zero attached hydrogens (tertiary/aromatic N) is 1. The van der Waals surface area contributed by atoms with Crippen LogP contribution in [0.1, 0.15) is 26.7 Å². The van der Waals surface area contributed by atoms with E-state index in [1.54, 1.807) is 6.92 Å². The molecule has 0 bridgehead atoms. The van der Waals surface area contributed by atoms with Crippen molar-refractivity contribution in [2.45, 2.75) is 26.7 Å². The fourth-order valence-corrected chi connectivity index (χ4v) is 2.50. The van der Waals surface area contributed by atoms with Gasteiger partial charge in [-0.05, 0) is 25.7 Å². The Kier molecular flexibility index (Phi) is 4.89. The van der Waals surface area contributed by atoms with Gasteiger partial charge < -0.3 is 4.90 Å². The first-order valence-electron chi connectivity index (χ1n) is 5.00. The molecule has 1 rings (SSSR count). The van der Waals surface area contributed by atoms with E-state index in [1.165, 1.54) is 24.6 Å². The zero-order valence-electron chi connectivity index (χ0n) is 8.78. The Bertz CT molecular complexity index is 222. The van der Waals surface area contributed by atoms with Gasteiger partial charge in [0.15, 0.2) is 0 Å². The molecule has 1 aliphatic rings. The third kappa shape index (κ3) is 3.96. The van der Waals surface area contributed by atoms with Crippen molar-refractivity contribution in [1.29, 1.82) is 0 Å². The van der Waals surface area contributed by atoms with E-state index >= 15 is 0 Å². The van der Waals surface area contributed by atoms with Crippen molar-refractivity contribution in [1.82, 2.24) is 4.90 Å². The molecule has 0 spiro atoms. The Balaban J connectivity index is 2.27. The van der Waals surface area contributed by atoms with Gasteiger partial charge in [0.1, 0.15) is 10.1 Å². The van der Waals surface area contributed by atoms with Crippen molar-refractivity contribution in [2.75, 3.05) is 18.8 Å². The average Bonchev–Trinajstić information content (AvgIpc) is 2.15. The van der Waals surface area contributed by atoms with Crippen LogP contribution in [0.25, 0.3) is 0 Å². The number of hydrogen-bond donors (Lipinski definition) is 0. The molecule has 1 heterocycles. The smallest absolute Gasteiger partial charge is 0.140 e. The number of carbonyl (C=O) groups excluding carboxylic acids is 1. The number of likely N-dealkylation sites (tertiary alicyclic amines) is 1. The highest BCUT2D eigenvalue weighted by Crippen LogP contribution is 2.20. The van der Waals surface area contributed by atoms with E-state index in [2.05, 4.69) is 11.8 Å². The molecular weight excluding hydrogens is 214 g/mol. The molecule has 1 fully saturated rings. The molecule has 0 aromatic carbocycles. The number of hydrogen-bond acceptors (Lipinski definition) is 3. The lowest BCUT2D eigenvalue weighted by molar-refractivity contribution is -0.114. The minimum atomic E-state index is 0.197. The maximum absolute atomic E-state index is 10.8. The van der Waals surface area contributed by atoms with Crippen LogP contribution in [0.5, 0.6) is 0 Å². The molecule has 0 aromatic heterocycles. The van der Waals surface area contributed by atoms with E-state index in [0.29, 0.717) is 5.75 Å². The van der Waals surface area contributed by atoms with Gasteiger partial charge in [0.2, 0.25) is 0 Å². The molecule has 0 saturated carbocycles. The van der Waals surface area contributed by atoms with Gasteiger partial charge >= 0.3 is 0 Å². The van der Waals surface area contributed by atoms with E-state index < -0.39 is 0 Å². The van der Waals surface area contributed by atoms with Crippen LogP contribution in [0.4, 0.5) is 0 Å².